The molecule has 0 unspecified atom stereocenters. The van der Waals surface area contributed by atoms with Gasteiger partial charge in [0.1, 0.15) is 0 Å². The van der Waals surface area contributed by atoms with Gasteiger partial charge in [-0.15, -0.1) is 0 Å². The van der Waals surface area contributed by atoms with Crippen molar-refractivity contribution in [1.82, 2.24) is 4.72 Å². The third-order valence-corrected chi connectivity index (χ3v) is 5.62. The molecule has 0 spiro atoms. The van der Waals surface area contributed by atoms with E-state index in [0.717, 1.165) is 38.8 Å². The van der Waals surface area contributed by atoms with Crippen LogP contribution in [0.1, 0.15) is 49.9 Å². The maximum Gasteiger partial charge on any atom is 0.337 e. The second kappa shape index (κ2) is 7.31. The fraction of sp³-hybridized carbons (Fsp3) is 0.562. The van der Waals surface area contributed by atoms with E-state index >= 15 is 0 Å². The molecular formula is C16H24N2O4S. The van der Waals surface area contributed by atoms with Gasteiger partial charge in [-0.25, -0.2) is 17.9 Å². The molecule has 1 saturated heterocycles. The van der Waals surface area contributed by atoms with Gasteiger partial charge in [0.2, 0.25) is 10.0 Å². The summed E-state index contributed by atoms with van der Waals surface area (Å²) in [4.78, 5) is 13.5. The highest BCUT2D eigenvalue weighted by atomic mass is 32.2. The number of carbonyl (C=O) groups is 1. The van der Waals surface area contributed by atoms with E-state index in [0.29, 0.717) is 5.69 Å². The van der Waals surface area contributed by atoms with Crippen molar-refractivity contribution in [1.29, 1.82) is 0 Å². The zero-order valence-electron chi connectivity index (χ0n) is 13.6. The first-order chi connectivity index (χ1) is 10.8. The monoisotopic (exact) mass is 340 g/mol. The van der Waals surface area contributed by atoms with Crippen molar-refractivity contribution in [3.05, 3.63) is 23.8 Å². The first-order valence-electron chi connectivity index (χ1n) is 7.99. The van der Waals surface area contributed by atoms with Gasteiger partial charge in [-0.05, 0) is 44.4 Å². The first kappa shape index (κ1) is 17.7. The summed E-state index contributed by atoms with van der Waals surface area (Å²) in [5.74, 6) is -1.11. The summed E-state index contributed by atoms with van der Waals surface area (Å²) in [6, 6.07) is 4.17. The molecule has 0 amide bonds. The van der Waals surface area contributed by atoms with E-state index in [-0.39, 0.29) is 16.5 Å². The van der Waals surface area contributed by atoms with Gasteiger partial charge in [-0.1, -0.05) is 13.3 Å². The maximum absolute atomic E-state index is 12.4. The van der Waals surface area contributed by atoms with Crippen molar-refractivity contribution in [2.24, 2.45) is 0 Å². The Morgan fingerprint density at radius 2 is 2.00 bits per heavy atom. The van der Waals surface area contributed by atoms with Gasteiger partial charge in [0, 0.05) is 19.1 Å². The molecule has 1 aromatic carbocycles. The standard InChI is InChI=1S/C16H24N2O4S/c1-3-6-12(2)17-23(21,22)13-7-8-15(14(11-13)16(19)20)18-9-4-5-10-18/h7-8,11-12,17H,3-6,9-10H2,1-2H3,(H,19,20)/t12-/m0/s1. The van der Waals surface area contributed by atoms with E-state index in [1.165, 1.54) is 12.1 Å². The maximum atomic E-state index is 12.4. The Morgan fingerprint density at radius 1 is 1.35 bits per heavy atom. The molecule has 1 aliphatic heterocycles. The third-order valence-electron chi connectivity index (χ3n) is 4.03. The van der Waals surface area contributed by atoms with Crippen LogP contribution in [0.2, 0.25) is 0 Å². The van der Waals surface area contributed by atoms with Crippen molar-refractivity contribution in [3.8, 4) is 0 Å². The number of hydrogen-bond donors (Lipinski definition) is 2. The van der Waals surface area contributed by atoms with Crippen LogP contribution in [0.5, 0.6) is 0 Å². The zero-order valence-corrected chi connectivity index (χ0v) is 14.4. The first-order valence-corrected chi connectivity index (χ1v) is 9.48. The van der Waals surface area contributed by atoms with Crippen LogP contribution in [0.25, 0.3) is 0 Å². The summed E-state index contributed by atoms with van der Waals surface area (Å²) in [6.45, 7) is 5.40. The molecule has 0 bridgehead atoms. The molecule has 1 fully saturated rings. The van der Waals surface area contributed by atoms with Crippen LogP contribution >= 0.6 is 0 Å². The summed E-state index contributed by atoms with van der Waals surface area (Å²) >= 11 is 0. The van der Waals surface area contributed by atoms with Crippen LogP contribution in [-0.4, -0.2) is 38.6 Å². The Labute approximate surface area is 137 Å². The highest BCUT2D eigenvalue weighted by Gasteiger charge is 2.23. The van der Waals surface area contributed by atoms with Crippen molar-refractivity contribution in [2.75, 3.05) is 18.0 Å². The topological polar surface area (TPSA) is 86.7 Å². The predicted molar refractivity (Wildman–Crippen MR) is 89.5 cm³/mol. The SMILES string of the molecule is CCC[C@H](C)NS(=O)(=O)c1ccc(N2CCCC2)c(C(=O)O)c1. The predicted octanol–water partition coefficient (Wildman–Crippen LogP) is 2.45. The van der Waals surface area contributed by atoms with E-state index in [4.69, 9.17) is 0 Å². The third kappa shape index (κ3) is 4.23. The van der Waals surface area contributed by atoms with E-state index < -0.39 is 16.0 Å². The molecule has 2 N–H and O–H groups in total. The molecule has 23 heavy (non-hydrogen) atoms. The van der Waals surface area contributed by atoms with Gasteiger partial charge in [0.05, 0.1) is 16.1 Å². The van der Waals surface area contributed by atoms with Crippen molar-refractivity contribution >= 4 is 21.7 Å². The van der Waals surface area contributed by atoms with E-state index in [9.17, 15) is 18.3 Å². The van der Waals surface area contributed by atoms with Gasteiger partial charge in [-0.3, -0.25) is 0 Å². The molecule has 1 atom stereocenters. The summed E-state index contributed by atoms with van der Waals surface area (Å²) in [6.07, 6.45) is 3.65. The van der Waals surface area contributed by atoms with Gasteiger partial charge in [-0.2, -0.15) is 0 Å². The highest BCUT2D eigenvalue weighted by Crippen LogP contribution is 2.27. The number of sulfonamides is 1. The molecule has 6 nitrogen and oxygen atoms in total. The lowest BCUT2D eigenvalue weighted by atomic mass is 10.1. The van der Waals surface area contributed by atoms with Crippen LogP contribution in [0, 0.1) is 0 Å². The Morgan fingerprint density at radius 3 is 2.57 bits per heavy atom. The Hall–Kier alpha value is -1.60. The normalized spacial score (nSPS) is 16.5. The summed E-state index contributed by atoms with van der Waals surface area (Å²) < 4.78 is 27.4. The second-order valence-corrected chi connectivity index (χ2v) is 7.70. The van der Waals surface area contributed by atoms with Crippen LogP contribution in [0.3, 0.4) is 0 Å². The van der Waals surface area contributed by atoms with Gasteiger partial charge in [0.15, 0.2) is 0 Å². The van der Waals surface area contributed by atoms with Gasteiger partial charge >= 0.3 is 5.97 Å². The lowest BCUT2D eigenvalue weighted by molar-refractivity contribution is 0.0697. The van der Waals surface area contributed by atoms with Crippen LogP contribution in [0.15, 0.2) is 23.1 Å². The molecule has 128 valence electrons. The molecular weight excluding hydrogens is 316 g/mol. The number of hydrogen-bond acceptors (Lipinski definition) is 4. The van der Waals surface area contributed by atoms with Gasteiger partial charge in [0.25, 0.3) is 0 Å². The smallest absolute Gasteiger partial charge is 0.337 e. The minimum Gasteiger partial charge on any atom is -0.478 e. The number of nitrogens with one attached hydrogen (secondary N) is 1. The number of rotatable bonds is 7. The molecule has 2 rings (SSSR count). The lowest BCUT2D eigenvalue weighted by Crippen LogP contribution is -2.32. The van der Waals surface area contributed by atoms with Crippen molar-refractivity contribution in [2.45, 2.75) is 50.5 Å². The quantitative estimate of drug-likeness (QED) is 0.796. The molecule has 1 aliphatic rings. The minimum atomic E-state index is -3.71. The largest absolute Gasteiger partial charge is 0.478 e. The summed E-state index contributed by atoms with van der Waals surface area (Å²) in [5.41, 5.74) is 0.633. The second-order valence-electron chi connectivity index (χ2n) is 5.99. The molecule has 0 aromatic heterocycles. The number of anilines is 1. The summed E-state index contributed by atoms with van der Waals surface area (Å²) in [5, 5.41) is 9.44. The summed E-state index contributed by atoms with van der Waals surface area (Å²) in [7, 11) is -3.71. The number of benzene rings is 1. The molecule has 0 saturated carbocycles. The number of aromatic carboxylic acids is 1. The number of carboxylic acids is 1. The minimum absolute atomic E-state index is 0.000741. The van der Waals surface area contributed by atoms with E-state index in [1.54, 1.807) is 13.0 Å². The van der Waals surface area contributed by atoms with Crippen molar-refractivity contribution in [3.63, 3.8) is 0 Å². The molecule has 1 heterocycles. The van der Waals surface area contributed by atoms with Crippen LogP contribution < -0.4 is 9.62 Å². The molecule has 7 heteroatoms. The van der Waals surface area contributed by atoms with Crippen molar-refractivity contribution < 1.29 is 18.3 Å². The molecule has 0 radical (unpaired) electrons. The average molecular weight is 340 g/mol. The van der Waals surface area contributed by atoms with E-state index in [2.05, 4.69) is 4.72 Å². The van der Waals surface area contributed by atoms with Crippen LogP contribution in [-0.2, 0) is 10.0 Å². The average Bonchev–Trinajstić information content (AvgIpc) is 3.00. The number of nitrogens with zero attached hydrogens (tertiary/aromatic N) is 1. The fourth-order valence-electron chi connectivity index (χ4n) is 2.91. The fourth-order valence-corrected chi connectivity index (χ4v) is 4.22. The Bertz CT molecular complexity index is 667. The van der Waals surface area contributed by atoms with Crippen LogP contribution in [0.4, 0.5) is 5.69 Å². The Balaban J connectivity index is 2.33. The van der Waals surface area contributed by atoms with Gasteiger partial charge < -0.3 is 10.0 Å². The molecule has 1 aromatic rings. The lowest BCUT2D eigenvalue weighted by Gasteiger charge is -2.21. The molecule has 0 aliphatic carbocycles. The Kier molecular flexibility index (Phi) is 5.64. The highest BCUT2D eigenvalue weighted by molar-refractivity contribution is 7.89. The van der Waals surface area contributed by atoms with E-state index in [1.807, 2.05) is 11.8 Å². The zero-order chi connectivity index (χ0) is 17.0. The number of carboxylic acid groups (broad SMARTS) is 1.